The third-order valence-electron chi connectivity index (χ3n) is 1.67. The van der Waals surface area contributed by atoms with E-state index in [1.807, 2.05) is 6.92 Å². The minimum absolute atomic E-state index is 0.167. The van der Waals surface area contributed by atoms with Crippen molar-refractivity contribution in [2.24, 2.45) is 0 Å². The normalized spacial score (nSPS) is 13.9. The van der Waals surface area contributed by atoms with Gasteiger partial charge in [-0.1, -0.05) is 17.7 Å². The van der Waals surface area contributed by atoms with Crippen molar-refractivity contribution in [2.45, 2.75) is 18.2 Å². The van der Waals surface area contributed by atoms with Crippen LogP contribution in [0.25, 0.3) is 0 Å². The summed E-state index contributed by atoms with van der Waals surface area (Å²) in [4.78, 5) is 0.281. The molecule has 88 valence electrons. The summed E-state index contributed by atoms with van der Waals surface area (Å²) in [5.41, 5.74) is 0.954. The van der Waals surface area contributed by atoms with Crippen LogP contribution in [-0.4, -0.2) is 10.6 Å². The van der Waals surface area contributed by atoms with Gasteiger partial charge >= 0.3 is 0 Å². The highest BCUT2D eigenvalue weighted by Gasteiger charge is 2.11. The lowest BCUT2D eigenvalue weighted by Crippen LogP contribution is -1.96. The summed E-state index contributed by atoms with van der Waals surface area (Å²) in [5, 5.41) is 0. The van der Waals surface area contributed by atoms with Gasteiger partial charge in [-0.25, -0.2) is 17.4 Å². The molecule has 0 fully saturated rings. The molecular formula is C10H9F3O2S. The number of alkyl halides is 2. The standard InChI is InChI=1S/C10H9F3O2S/c1-7-2-4-8(5-3-7)16(14)15-6-9(11)10(12)13/h2-6,10H,1H3/b9-6-. The average Bonchev–Trinajstić information content (AvgIpc) is 2.26. The Bertz CT molecular complexity index is 401. The molecule has 0 aromatic heterocycles. The summed E-state index contributed by atoms with van der Waals surface area (Å²) < 4.78 is 51.4. The van der Waals surface area contributed by atoms with Crippen LogP contribution in [0.15, 0.2) is 41.2 Å². The molecule has 0 saturated carbocycles. The van der Waals surface area contributed by atoms with E-state index in [-0.39, 0.29) is 11.2 Å². The van der Waals surface area contributed by atoms with Crippen molar-refractivity contribution in [3.8, 4) is 0 Å². The average molecular weight is 250 g/mol. The fourth-order valence-corrected chi connectivity index (χ4v) is 1.49. The first kappa shape index (κ1) is 12.8. The van der Waals surface area contributed by atoms with Crippen LogP contribution >= 0.6 is 0 Å². The molecule has 0 heterocycles. The third-order valence-corrected chi connectivity index (χ3v) is 2.60. The lowest BCUT2D eigenvalue weighted by atomic mass is 10.2. The molecule has 2 nitrogen and oxygen atoms in total. The van der Waals surface area contributed by atoms with Crippen LogP contribution in [0.5, 0.6) is 0 Å². The first-order chi connectivity index (χ1) is 7.50. The van der Waals surface area contributed by atoms with Crippen molar-refractivity contribution in [1.29, 1.82) is 0 Å². The van der Waals surface area contributed by atoms with Crippen molar-refractivity contribution < 1.29 is 21.6 Å². The van der Waals surface area contributed by atoms with Crippen molar-refractivity contribution >= 4 is 11.1 Å². The molecule has 16 heavy (non-hydrogen) atoms. The van der Waals surface area contributed by atoms with Gasteiger partial charge in [-0.15, -0.1) is 0 Å². The zero-order valence-electron chi connectivity index (χ0n) is 8.32. The van der Waals surface area contributed by atoms with E-state index in [0.717, 1.165) is 5.56 Å². The van der Waals surface area contributed by atoms with Gasteiger partial charge in [0, 0.05) is 0 Å². The Hall–Kier alpha value is -1.30. The molecule has 0 spiro atoms. The molecule has 0 amide bonds. The predicted molar refractivity (Wildman–Crippen MR) is 53.9 cm³/mol. The molecule has 1 aromatic carbocycles. The monoisotopic (exact) mass is 250 g/mol. The second-order valence-corrected chi connectivity index (χ2v) is 4.08. The summed E-state index contributed by atoms with van der Waals surface area (Å²) in [5.74, 6) is -1.75. The zero-order chi connectivity index (χ0) is 12.1. The van der Waals surface area contributed by atoms with Gasteiger partial charge in [-0.2, -0.15) is 0 Å². The first-order valence-corrected chi connectivity index (χ1v) is 5.37. The number of rotatable bonds is 4. The van der Waals surface area contributed by atoms with Crippen LogP contribution in [0.4, 0.5) is 13.2 Å². The molecule has 6 heteroatoms. The van der Waals surface area contributed by atoms with E-state index in [2.05, 4.69) is 4.18 Å². The Balaban J connectivity index is 2.66. The molecule has 0 radical (unpaired) electrons. The summed E-state index contributed by atoms with van der Waals surface area (Å²) in [6, 6.07) is 6.40. The van der Waals surface area contributed by atoms with E-state index in [0.29, 0.717) is 0 Å². The van der Waals surface area contributed by atoms with Crippen molar-refractivity contribution in [3.63, 3.8) is 0 Å². The maximum Gasteiger partial charge on any atom is 0.292 e. The number of benzene rings is 1. The summed E-state index contributed by atoms with van der Waals surface area (Å²) in [7, 11) is 0. The van der Waals surface area contributed by atoms with Gasteiger partial charge in [-0.3, -0.25) is 0 Å². The Labute approximate surface area is 93.4 Å². The van der Waals surface area contributed by atoms with E-state index in [4.69, 9.17) is 0 Å². The minimum atomic E-state index is -3.25. The lowest BCUT2D eigenvalue weighted by Gasteiger charge is -2.01. The largest absolute Gasteiger partial charge is 0.402 e. The molecule has 0 N–H and O–H groups in total. The Morgan fingerprint density at radius 3 is 2.44 bits per heavy atom. The SMILES string of the molecule is Cc1ccc(S(=O)O/C=C(\F)C(F)F)cc1. The molecule has 0 bridgehead atoms. The van der Waals surface area contributed by atoms with Gasteiger partial charge in [0.1, 0.15) is 6.26 Å². The van der Waals surface area contributed by atoms with Gasteiger partial charge in [0.15, 0.2) is 0 Å². The summed E-state index contributed by atoms with van der Waals surface area (Å²) in [6.07, 6.45) is -3.09. The van der Waals surface area contributed by atoms with Crippen LogP contribution in [0.1, 0.15) is 5.56 Å². The van der Waals surface area contributed by atoms with Crippen LogP contribution in [-0.2, 0) is 15.3 Å². The highest BCUT2D eigenvalue weighted by Crippen LogP contribution is 2.13. The molecule has 1 unspecified atom stereocenters. The van der Waals surface area contributed by atoms with Gasteiger partial charge in [0.05, 0.1) is 4.90 Å². The molecule has 1 aromatic rings. The molecular weight excluding hydrogens is 241 g/mol. The van der Waals surface area contributed by atoms with E-state index >= 15 is 0 Å². The topological polar surface area (TPSA) is 26.3 Å². The van der Waals surface area contributed by atoms with E-state index < -0.39 is 23.3 Å². The van der Waals surface area contributed by atoms with E-state index in [1.54, 1.807) is 12.1 Å². The van der Waals surface area contributed by atoms with E-state index in [1.165, 1.54) is 12.1 Å². The smallest absolute Gasteiger partial charge is 0.292 e. The fraction of sp³-hybridized carbons (Fsp3) is 0.200. The quantitative estimate of drug-likeness (QED) is 0.767. The molecule has 1 rings (SSSR count). The van der Waals surface area contributed by atoms with Gasteiger partial charge < -0.3 is 4.18 Å². The van der Waals surface area contributed by atoms with Gasteiger partial charge in [0.25, 0.3) is 6.43 Å². The van der Waals surface area contributed by atoms with Crippen molar-refractivity contribution in [3.05, 3.63) is 41.9 Å². The van der Waals surface area contributed by atoms with Crippen LogP contribution in [0.3, 0.4) is 0 Å². The Morgan fingerprint density at radius 1 is 1.38 bits per heavy atom. The predicted octanol–water partition coefficient (Wildman–Crippen LogP) is 3.11. The van der Waals surface area contributed by atoms with Crippen LogP contribution < -0.4 is 0 Å². The second kappa shape index (κ2) is 5.69. The molecule has 0 aliphatic carbocycles. The molecule has 0 saturated heterocycles. The Morgan fingerprint density at radius 2 is 1.94 bits per heavy atom. The highest BCUT2D eigenvalue weighted by atomic mass is 32.2. The zero-order valence-corrected chi connectivity index (χ0v) is 9.14. The number of halogens is 3. The highest BCUT2D eigenvalue weighted by molar-refractivity contribution is 7.80. The number of hydrogen-bond acceptors (Lipinski definition) is 2. The van der Waals surface area contributed by atoms with Crippen molar-refractivity contribution in [2.75, 3.05) is 0 Å². The second-order valence-electron chi connectivity index (χ2n) is 2.95. The maximum atomic E-state index is 12.3. The maximum absolute atomic E-state index is 12.3. The Kier molecular flexibility index (Phi) is 4.54. The number of allylic oxidation sites excluding steroid dienone is 1. The first-order valence-electron chi connectivity index (χ1n) is 4.30. The van der Waals surface area contributed by atoms with Gasteiger partial charge in [-0.05, 0) is 19.1 Å². The minimum Gasteiger partial charge on any atom is -0.402 e. The summed E-state index contributed by atoms with van der Waals surface area (Å²) >= 11 is -1.98. The molecule has 1 atom stereocenters. The van der Waals surface area contributed by atoms with Crippen LogP contribution in [0, 0.1) is 6.92 Å². The molecule has 0 aliphatic rings. The summed E-state index contributed by atoms with van der Waals surface area (Å²) in [6.45, 7) is 1.84. The van der Waals surface area contributed by atoms with E-state index in [9.17, 15) is 17.4 Å². The van der Waals surface area contributed by atoms with Crippen LogP contribution in [0.2, 0.25) is 0 Å². The fourth-order valence-electron chi connectivity index (χ4n) is 0.846. The lowest BCUT2D eigenvalue weighted by molar-refractivity contribution is 0.154. The molecule has 0 aliphatic heterocycles. The van der Waals surface area contributed by atoms with Gasteiger partial charge in [0.2, 0.25) is 16.9 Å². The number of hydrogen-bond donors (Lipinski definition) is 0. The number of aryl methyl sites for hydroxylation is 1. The van der Waals surface area contributed by atoms with Crippen molar-refractivity contribution in [1.82, 2.24) is 0 Å². The third kappa shape index (κ3) is 3.69.